The van der Waals surface area contributed by atoms with E-state index in [1.54, 1.807) is 12.4 Å². The molecule has 1 aromatic rings. The van der Waals surface area contributed by atoms with Crippen LogP contribution in [0.2, 0.25) is 0 Å². The Hall–Kier alpha value is -1.58. The van der Waals surface area contributed by atoms with Crippen LogP contribution in [-0.2, 0) is 0 Å². The molecular weight excluding hydrogens is 262 g/mol. The second-order valence-electron chi connectivity index (χ2n) is 6.76. The molecule has 116 valence electrons. The fraction of sp³-hybridized carbons (Fsp3) is 0.647. The Labute approximate surface area is 127 Å². The zero-order valence-corrected chi connectivity index (χ0v) is 13.6. The summed E-state index contributed by atoms with van der Waals surface area (Å²) in [5.74, 6) is 0.0954. The lowest BCUT2D eigenvalue weighted by molar-refractivity contribution is 0.0636. The molecule has 0 aromatic carbocycles. The summed E-state index contributed by atoms with van der Waals surface area (Å²) >= 11 is 0. The van der Waals surface area contributed by atoms with E-state index in [0.717, 1.165) is 30.6 Å². The van der Waals surface area contributed by atoms with E-state index in [0.29, 0.717) is 11.5 Å². The van der Waals surface area contributed by atoms with E-state index in [9.17, 15) is 4.79 Å². The van der Waals surface area contributed by atoms with Crippen LogP contribution in [0.4, 0.5) is 5.69 Å². The number of amides is 1. The summed E-state index contributed by atoms with van der Waals surface area (Å²) in [7, 11) is 1.93. The Morgan fingerprint density at radius 1 is 1.43 bits per heavy atom. The molecule has 0 atom stereocenters. The number of nitrogens with one attached hydrogen (secondary N) is 1. The van der Waals surface area contributed by atoms with Gasteiger partial charge in [-0.05, 0) is 44.1 Å². The van der Waals surface area contributed by atoms with E-state index in [1.165, 1.54) is 12.8 Å². The molecule has 1 fully saturated rings. The Morgan fingerprint density at radius 3 is 2.71 bits per heavy atom. The van der Waals surface area contributed by atoms with Crippen LogP contribution in [0.25, 0.3) is 0 Å². The molecule has 0 bridgehead atoms. The fourth-order valence-corrected chi connectivity index (χ4v) is 3.04. The van der Waals surface area contributed by atoms with Crippen LogP contribution in [0, 0.1) is 5.41 Å². The van der Waals surface area contributed by atoms with Crippen molar-refractivity contribution in [2.75, 3.05) is 18.9 Å². The summed E-state index contributed by atoms with van der Waals surface area (Å²) in [5.41, 5.74) is 1.97. The Kier molecular flexibility index (Phi) is 4.86. The van der Waals surface area contributed by atoms with Gasteiger partial charge in [0.05, 0.1) is 17.4 Å². The maximum atomic E-state index is 12.8. The van der Waals surface area contributed by atoms with Crippen LogP contribution in [-0.4, -0.2) is 35.4 Å². The molecule has 4 heteroatoms. The lowest BCUT2D eigenvalue weighted by Gasteiger charge is -2.38. The summed E-state index contributed by atoms with van der Waals surface area (Å²) in [4.78, 5) is 18.8. The van der Waals surface area contributed by atoms with Gasteiger partial charge in [0, 0.05) is 25.8 Å². The van der Waals surface area contributed by atoms with Crippen molar-refractivity contribution in [2.45, 2.75) is 52.5 Å². The van der Waals surface area contributed by atoms with Crippen LogP contribution in [0.1, 0.15) is 56.8 Å². The highest BCUT2D eigenvalue weighted by atomic mass is 16.2. The Morgan fingerprint density at radius 2 is 2.10 bits per heavy atom. The second kappa shape index (κ2) is 6.46. The first-order valence-corrected chi connectivity index (χ1v) is 7.89. The van der Waals surface area contributed by atoms with Crippen LogP contribution >= 0.6 is 0 Å². The summed E-state index contributed by atoms with van der Waals surface area (Å²) in [5, 5.41) is 3.22. The highest BCUT2D eigenvalue weighted by molar-refractivity contribution is 5.99. The van der Waals surface area contributed by atoms with Gasteiger partial charge in [0.1, 0.15) is 0 Å². The monoisotopic (exact) mass is 289 g/mol. The number of rotatable bonds is 4. The van der Waals surface area contributed by atoms with Crippen molar-refractivity contribution >= 4 is 11.6 Å². The van der Waals surface area contributed by atoms with Crippen LogP contribution in [0.5, 0.6) is 0 Å². The van der Waals surface area contributed by atoms with Gasteiger partial charge in [0.2, 0.25) is 0 Å². The highest BCUT2D eigenvalue weighted by Gasteiger charge is 2.31. The van der Waals surface area contributed by atoms with E-state index >= 15 is 0 Å². The van der Waals surface area contributed by atoms with E-state index in [1.807, 2.05) is 24.9 Å². The minimum Gasteiger partial charge on any atom is -0.383 e. The molecule has 0 aliphatic heterocycles. The summed E-state index contributed by atoms with van der Waals surface area (Å²) < 4.78 is 0. The summed E-state index contributed by atoms with van der Waals surface area (Å²) in [6.07, 6.45) is 7.98. The number of nitrogens with zero attached hydrogens (tertiary/aromatic N) is 2. The van der Waals surface area contributed by atoms with Gasteiger partial charge in [-0.25, -0.2) is 0 Å². The lowest BCUT2D eigenvalue weighted by atomic mass is 9.75. The molecule has 1 amide bonds. The van der Waals surface area contributed by atoms with E-state index < -0.39 is 0 Å². The zero-order valence-electron chi connectivity index (χ0n) is 13.6. The Balaban J connectivity index is 2.09. The van der Waals surface area contributed by atoms with Gasteiger partial charge in [-0.1, -0.05) is 13.8 Å². The van der Waals surface area contributed by atoms with Gasteiger partial charge in [-0.15, -0.1) is 0 Å². The normalized spacial score (nSPS) is 18.3. The standard InChI is InChI=1S/C17H27N3O/c1-5-19-15-12-18-11-8-14(15)16(21)20(4)13-6-9-17(2,3)10-7-13/h8,11-13,19H,5-7,9-10H2,1-4H3. The van der Waals surface area contributed by atoms with Crippen molar-refractivity contribution in [1.82, 2.24) is 9.88 Å². The largest absolute Gasteiger partial charge is 0.383 e. The van der Waals surface area contributed by atoms with Crippen LogP contribution in [0.3, 0.4) is 0 Å². The third-order valence-electron chi connectivity index (χ3n) is 4.60. The summed E-state index contributed by atoms with van der Waals surface area (Å²) in [6.45, 7) is 7.44. The van der Waals surface area contributed by atoms with Gasteiger partial charge < -0.3 is 10.2 Å². The number of pyridine rings is 1. The molecule has 21 heavy (non-hydrogen) atoms. The predicted molar refractivity (Wildman–Crippen MR) is 86.5 cm³/mol. The SMILES string of the molecule is CCNc1cnccc1C(=O)N(C)C1CCC(C)(C)CC1. The molecule has 1 N–H and O–H groups in total. The molecule has 1 saturated carbocycles. The molecule has 1 aliphatic rings. The molecule has 1 aliphatic carbocycles. The molecule has 1 aromatic heterocycles. The van der Waals surface area contributed by atoms with E-state index in [-0.39, 0.29) is 5.91 Å². The van der Waals surface area contributed by atoms with Crippen molar-refractivity contribution in [3.8, 4) is 0 Å². The minimum atomic E-state index is 0.0954. The topological polar surface area (TPSA) is 45.2 Å². The predicted octanol–water partition coefficient (Wildman–Crippen LogP) is 3.55. The molecule has 1 heterocycles. The van der Waals surface area contributed by atoms with Crippen molar-refractivity contribution in [2.24, 2.45) is 5.41 Å². The fourth-order valence-electron chi connectivity index (χ4n) is 3.04. The van der Waals surface area contributed by atoms with Gasteiger partial charge in [0.25, 0.3) is 5.91 Å². The number of carbonyl (C=O) groups excluding carboxylic acids is 1. The average Bonchev–Trinajstić information content (AvgIpc) is 2.47. The highest BCUT2D eigenvalue weighted by Crippen LogP contribution is 2.37. The lowest BCUT2D eigenvalue weighted by Crippen LogP contribution is -2.41. The number of anilines is 1. The minimum absolute atomic E-state index is 0.0954. The first kappa shape index (κ1) is 15.8. The number of aromatic nitrogens is 1. The van der Waals surface area contributed by atoms with Gasteiger partial charge in [-0.2, -0.15) is 0 Å². The third kappa shape index (κ3) is 3.74. The smallest absolute Gasteiger partial charge is 0.256 e. The first-order chi connectivity index (χ1) is 9.94. The average molecular weight is 289 g/mol. The maximum absolute atomic E-state index is 12.8. The quantitative estimate of drug-likeness (QED) is 0.922. The van der Waals surface area contributed by atoms with Gasteiger partial charge >= 0.3 is 0 Å². The molecular formula is C17H27N3O. The van der Waals surface area contributed by atoms with Gasteiger partial charge in [-0.3, -0.25) is 9.78 Å². The second-order valence-corrected chi connectivity index (χ2v) is 6.76. The third-order valence-corrected chi connectivity index (χ3v) is 4.60. The van der Waals surface area contributed by atoms with Crippen LogP contribution in [0.15, 0.2) is 18.5 Å². The van der Waals surface area contributed by atoms with E-state index in [4.69, 9.17) is 0 Å². The molecule has 0 spiro atoms. The van der Waals surface area contributed by atoms with Crippen LogP contribution < -0.4 is 5.32 Å². The molecule has 2 rings (SSSR count). The summed E-state index contributed by atoms with van der Waals surface area (Å²) in [6, 6.07) is 2.16. The molecule has 0 radical (unpaired) electrons. The molecule has 0 unspecified atom stereocenters. The van der Waals surface area contributed by atoms with Crippen molar-refractivity contribution < 1.29 is 4.79 Å². The Bertz CT molecular complexity index is 489. The van der Waals surface area contributed by atoms with Crippen molar-refractivity contribution in [3.05, 3.63) is 24.0 Å². The molecule has 0 saturated heterocycles. The van der Waals surface area contributed by atoms with Gasteiger partial charge in [0.15, 0.2) is 0 Å². The molecule has 4 nitrogen and oxygen atoms in total. The number of hydrogen-bond acceptors (Lipinski definition) is 3. The number of hydrogen-bond donors (Lipinski definition) is 1. The first-order valence-electron chi connectivity index (χ1n) is 7.89. The van der Waals surface area contributed by atoms with Crippen molar-refractivity contribution in [1.29, 1.82) is 0 Å². The zero-order chi connectivity index (χ0) is 15.5. The van der Waals surface area contributed by atoms with Crippen molar-refractivity contribution in [3.63, 3.8) is 0 Å². The number of carbonyl (C=O) groups is 1. The van der Waals surface area contributed by atoms with E-state index in [2.05, 4.69) is 24.1 Å². The maximum Gasteiger partial charge on any atom is 0.256 e.